The zero-order chi connectivity index (χ0) is 13.7. The predicted octanol–water partition coefficient (Wildman–Crippen LogP) is 1.87. The monoisotopic (exact) mass is 326 g/mol. The average molecular weight is 327 g/mol. The molecule has 0 aliphatic rings. The van der Waals surface area contributed by atoms with Crippen LogP contribution in [0.4, 0.5) is 0 Å². The van der Waals surface area contributed by atoms with Crippen LogP contribution in [0.5, 0.6) is 11.5 Å². The number of rotatable bonds is 6. The van der Waals surface area contributed by atoms with Crippen LogP contribution in [0.15, 0.2) is 22.9 Å². The van der Waals surface area contributed by atoms with Gasteiger partial charge in [0.25, 0.3) is 0 Å². The van der Waals surface area contributed by atoms with E-state index in [1.807, 2.05) is 12.1 Å². The third kappa shape index (κ3) is 3.45. The van der Waals surface area contributed by atoms with E-state index in [0.29, 0.717) is 24.6 Å². The van der Waals surface area contributed by atoms with Crippen molar-refractivity contribution >= 4 is 15.9 Å². The highest BCUT2D eigenvalue weighted by molar-refractivity contribution is 9.10. The minimum Gasteiger partial charge on any atom is -0.493 e. The van der Waals surface area contributed by atoms with Crippen molar-refractivity contribution in [3.05, 3.63) is 34.3 Å². The number of ether oxygens (including phenoxy) is 2. The molecule has 0 fully saturated rings. The maximum atomic E-state index is 5.30. The van der Waals surface area contributed by atoms with Crippen LogP contribution in [0.25, 0.3) is 0 Å². The highest BCUT2D eigenvalue weighted by Crippen LogP contribution is 2.36. The molecule has 102 valence electrons. The van der Waals surface area contributed by atoms with E-state index >= 15 is 0 Å². The highest BCUT2D eigenvalue weighted by atomic mass is 79.9. The topological polar surface area (TPSA) is 72.1 Å². The second kappa shape index (κ2) is 6.53. The zero-order valence-electron chi connectivity index (χ0n) is 10.7. The molecule has 2 N–H and O–H groups in total. The van der Waals surface area contributed by atoms with Gasteiger partial charge in [0.1, 0.15) is 12.2 Å². The summed E-state index contributed by atoms with van der Waals surface area (Å²) in [5, 5.41) is 9.86. The molecule has 6 nitrogen and oxygen atoms in total. The molecule has 0 saturated heterocycles. The lowest BCUT2D eigenvalue weighted by molar-refractivity contribution is 0.352. The van der Waals surface area contributed by atoms with Crippen molar-refractivity contribution in [3.63, 3.8) is 0 Å². The van der Waals surface area contributed by atoms with E-state index in [1.54, 1.807) is 14.2 Å². The van der Waals surface area contributed by atoms with Gasteiger partial charge in [-0.05, 0) is 33.6 Å². The summed E-state index contributed by atoms with van der Waals surface area (Å²) in [5.74, 6) is 2.20. The summed E-state index contributed by atoms with van der Waals surface area (Å²) in [6.07, 6.45) is 1.49. The number of hydrogen-bond acceptors (Lipinski definition) is 5. The van der Waals surface area contributed by atoms with Gasteiger partial charge in [0.05, 0.1) is 25.2 Å². The molecule has 0 radical (unpaired) electrons. The van der Waals surface area contributed by atoms with Crippen LogP contribution in [-0.4, -0.2) is 29.4 Å². The Morgan fingerprint density at radius 3 is 2.74 bits per heavy atom. The highest BCUT2D eigenvalue weighted by Gasteiger charge is 2.10. The van der Waals surface area contributed by atoms with Crippen LogP contribution >= 0.6 is 15.9 Å². The molecule has 0 saturated carbocycles. The van der Waals surface area contributed by atoms with Crippen LogP contribution in [0.1, 0.15) is 11.4 Å². The molecule has 1 aromatic carbocycles. The van der Waals surface area contributed by atoms with E-state index in [4.69, 9.17) is 9.47 Å². The molecule has 7 heteroatoms. The minimum atomic E-state index is 0.631. The molecule has 1 heterocycles. The second-order valence-electron chi connectivity index (χ2n) is 3.85. The Labute approximate surface area is 119 Å². The first-order chi connectivity index (χ1) is 9.24. The lowest BCUT2D eigenvalue weighted by Gasteiger charge is -2.12. The summed E-state index contributed by atoms with van der Waals surface area (Å²) >= 11 is 3.47. The summed E-state index contributed by atoms with van der Waals surface area (Å²) < 4.78 is 11.4. The Balaban J connectivity index is 2.02. The number of aromatic amines is 1. The van der Waals surface area contributed by atoms with Gasteiger partial charge in [-0.1, -0.05) is 0 Å². The lowest BCUT2D eigenvalue weighted by Crippen LogP contribution is -2.14. The van der Waals surface area contributed by atoms with E-state index in [2.05, 4.69) is 36.4 Å². The molecule has 0 aliphatic carbocycles. The van der Waals surface area contributed by atoms with Gasteiger partial charge < -0.3 is 14.8 Å². The summed E-state index contributed by atoms with van der Waals surface area (Å²) in [6, 6.07) is 3.94. The SMILES string of the molecule is COc1cc(CNCc2ncn[nH]2)cc(Br)c1OC. The zero-order valence-corrected chi connectivity index (χ0v) is 12.3. The molecule has 2 aromatic rings. The van der Waals surface area contributed by atoms with Crippen molar-refractivity contribution < 1.29 is 9.47 Å². The summed E-state index contributed by atoms with van der Waals surface area (Å²) in [6.45, 7) is 1.33. The van der Waals surface area contributed by atoms with E-state index in [9.17, 15) is 0 Å². The molecule has 0 spiro atoms. The number of halogens is 1. The Hall–Kier alpha value is -1.60. The number of aromatic nitrogens is 3. The van der Waals surface area contributed by atoms with Gasteiger partial charge in [-0.25, -0.2) is 4.98 Å². The fourth-order valence-electron chi connectivity index (χ4n) is 1.71. The largest absolute Gasteiger partial charge is 0.493 e. The first kappa shape index (κ1) is 13.8. The van der Waals surface area contributed by atoms with Gasteiger partial charge in [-0.2, -0.15) is 5.10 Å². The van der Waals surface area contributed by atoms with Crippen molar-refractivity contribution in [3.8, 4) is 11.5 Å². The van der Waals surface area contributed by atoms with Gasteiger partial charge in [0, 0.05) is 6.54 Å². The van der Waals surface area contributed by atoms with Gasteiger partial charge in [0.2, 0.25) is 0 Å². The van der Waals surface area contributed by atoms with Crippen LogP contribution in [0.3, 0.4) is 0 Å². The van der Waals surface area contributed by atoms with Gasteiger partial charge in [0.15, 0.2) is 11.5 Å². The third-order valence-electron chi connectivity index (χ3n) is 2.58. The summed E-state index contributed by atoms with van der Waals surface area (Å²) in [4.78, 5) is 4.04. The normalized spacial score (nSPS) is 10.5. The molecule has 1 aromatic heterocycles. The van der Waals surface area contributed by atoms with Gasteiger partial charge in [-0.3, -0.25) is 5.10 Å². The van der Waals surface area contributed by atoms with E-state index < -0.39 is 0 Å². The van der Waals surface area contributed by atoms with Crippen molar-refractivity contribution in [1.82, 2.24) is 20.5 Å². The summed E-state index contributed by atoms with van der Waals surface area (Å²) in [5.41, 5.74) is 1.09. The fourth-order valence-corrected chi connectivity index (χ4v) is 2.37. The molecular formula is C12H15BrN4O2. The standard InChI is InChI=1S/C12H15BrN4O2/c1-18-10-4-8(3-9(13)12(10)19-2)5-14-6-11-15-7-16-17-11/h3-4,7,14H,5-6H2,1-2H3,(H,15,16,17). The number of nitrogens with zero attached hydrogens (tertiary/aromatic N) is 2. The van der Waals surface area contributed by atoms with E-state index in [0.717, 1.165) is 15.9 Å². The Bertz CT molecular complexity index is 531. The molecule has 0 atom stereocenters. The third-order valence-corrected chi connectivity index (χ3v) is 3.17. The predicted molar refractivity (Wildman–Crippen MR) is 74.2 cm³/mol. The number of benzene rings is 1. The van der Waals surface area contributed by atoms with Crippen LogP contribution in [-0.2, 0) is 13.1 Å². The quantitative estimate of drug-likeness (QED) is 0.848. The number of methoxy groups -OCH3 is 2. The van der Waals surface area contributed by atoms with Gasteiger partial charge in [-0.15, -0.1) is 0 Å². The fraction of sp³-hybridized carbons (Fsp3) is 0.333. The smallest absolute Gasteiger partial charge is 0.174 e. The van der Waals surface area contributed by atoms with Crippen molar-refractivity contribution in [2.75, 3.05) is 14.2 Å². The van der Waals surface area contributed by atoms with E-state index in [1.165, 1.54) is 6.33 Å². The first-order valence-electron chi connectivity index (χ1n) is 5.70. The minimum absolute atomic E-state index is 0.631. The summed E-state index contributed by atoms with van der Waals surface area (Å²) in [7, 11) is 3.24. The van der Waals surface area contributed by atoms with E-state index in [-0.39, 0.29) is 0 Å². The Morgan fingerprint density at radius 1 is 1.26 bits per heavy atom. The maximum absolute atomic E-state index is 5.30. The molecule has 19 heavy (non-hydrogen) atoms. The Morgan fingerprint density at radius 2 is 2.11 bits per heavy atom. The Kier molecular flexibility index (Phi) is 4.75. The van der Waals surface area contributed by atoms with Gasteiger partial charge >= 0.3 is 0 Å². The lowest BCUT2D eigenvalue weighted by atomic mass is 10.2. The maximum Gasteiger partial charge on any atom is 0.174 e. The van der Waals surface area contributed by atoms with Crippen LogP contribution in [0.2, 0.25) is 0 Å². The average Bonchev–Trinajstić information content (AvgIpc) is 2.91. The second-order valence-corrected chi connectivity index (χ2v) is 4.70. The molecular weight excluding hydrogens is 312 g/mol. The van der Waals surface area contributed by atoms with Crippen molar-refractivity contribution in [2.45, 2.75) is 13.1 Å². The van der Waals surface area contributed by atoms with Crippen molar-refractivity contribution in [1.29, 1.82) is 0 Å². The molecule has 0 unspecified atom stereocenters. The van der Waals surface area contributed by atoms with Crippen LogP contribution in [0, 0.1) is 0 Å². The number of H-pyrrole nitrogens is 1. The number of hydrogen-bond donors (Lipinski definition) is 2. The first-order valence-corrected chi connectivity index (χ1v) is 6.49. The molecule has 2 rings (SSSR count). The molecule has 0 aliphatic heterocycles. The molecule has 0 amide bonds. The molecule has 0 bridgehead atoms. The van der Waals surface area contributed by atoms with Crippen LogP contribution < -0.4 is 14.8 Å². The number of nitrogens with one attached hydrogen (secondary N) is 2. The van der Waals surface area contributed by atoms with Crippen molar-refractivity contribution in [2.24, 2.45) is 0 Å².